The third-order valence-electron chi connectivity index (χ3n) is 10.9. The summed E-state index contributed by atoms with van der Waals surface area (Å²) >= 11 is 0. The molecule has 3 fully saturated rings. The number of fused-ring (bicyclic) bond motifs is 5. The van der Waals surface area contributed by atoms with Gasteiger partial charge in [0, 0.05) is 6.61 Å². The topological polar surface area (TPSA) is 9.23 Å². The zero-order valence-corrected chi connectivity index (χ0v) is 22.6. The molecule has 0 unspecified atom stereocenters. The molecule has 32 heavy (non-hydrogen) atoms. The van der Waals surface area contributed by atoms with Gasteiger partial charge in [0.25, 0.3) is 0 Å². The molecule has 0 bridgehead atoms. The molecule has 0 aromatic rings. The molecule has 0 radical (unpaired) electrons. The number of hydrogen-bond donors (Lipinski definition) is 0. The summed E-state index contributed by atoms with van der Waals surface area (Å²) in [6.07, 6.45) is 18.7. The minimum absolute atomic E-state index is 0.461. The summed E-state index contributed by atoms with van der Waals surface area (Å²) in [5.74, 6) is 6.25. The van der Waals surface area contributed by atoms with Gasteiger partial charge in [0.2, 0.25) is 0 Å². The van der Waals surface area contributed by atoms with E-state index >= 15 is 0 Å². The zero-order valence-electron chi connectivity index (χ0n) is 22.6. The fraction of sp³-hybridized carbons (Fsp3) is 0.935. The molecule has 1 heteroatoms. The lowest BCUT2D eigenvalue weighted by atomic mass is 9.47. The van der Waals surface area contributed by atoms with Gasteiger partial charge in [0.1, 0.15) is 0 Å². The Hall–Kier alpha value is -0.300. The van der Waals surface area contributed by atoms with Gasteiger partial charge in [-0.3, -0.25) is 0 Å². The van der Waals surface area contributed by atoms with Gasteiger partial charge in [0.15, 0.2) is 0 Å². The van der Waals surface area contributed by atoms with Gasteiger partial charge in [-0.25, -0.2) is 0 Å². The Bertz CT molecular complexity index is 661. The maximum absolute atomic E-state index is 6.31. The molecular formula is C31H54O. The second-order valence-electron chi connectivity index (χ2n) is 13.9. The molecule has 0 saturated heterocycles. The van der Waals surface area contributed by atoms with Crippen LogP contribution in [0, 0.1) is 52.3 Å². The lowest BCUT2D eigenvalue weighted by molar-refractivity contribution is -0.0656. The molecule has 0 heterocycles. The molecule has 184 valence electrons. The Kier molecular flexibility index (Phi) is 7.56. The lowest BCUT2D eigenvalue weighted by Gasteiger charge is -2.58. The summed E-state index contributed by atoms with van der Waals surface area (Å²) in [7, 11) is 0. The average Bonchev–Trinajstić information content (AvgIpc) is 3.09. The fourth-order valence-corrected chi connectivity index (χ4v) is 9.12. The first-order chi connectivity index (χ1) is 15.1. The normalized spacial score (nSPS) is 42.4. The summed E-state index contributed by atoms with van der Waals surface area (Å²) in [5, 5.41) is 0. The predicted octanol–water partition coefficient (Wildman–Crippen LogP) is 9.07. The molecule has 4 aliphatic carbocycles. The van der Waals surface area contributed by atoms with Crippen molar-refractivity contribution in [2.24, 2.45) is 52.3 Å². The molecule has 1 nitrogen and oxygen atoms in total. The van der Waals surface area contributed by atoms with E-state index in [1.807, 2.05) is 0 Å². The Balaban J connectivity index is 1.44. The summed E-state index contributed by atoms with van der Waals surface area (Å²) in [4.78, 5) is 0. The van der Waals surface area contributed by atoms with E-state index in [1.54, 1.807) is 5.57 Å². The minimum atomic E-state index is 0.461. The van der Waals surface area contributed by atoms with Crippen LogP contribution in [0.2, 0.25) is 0 Å². The number of hydrogen-bond acceptors (Lipinski definition) is 1. The number of rotatable bonds is 8. The minimum Gasteiger partial charge on any atom is -0.378 e. The quantitative estimate of drug-likeness (QED) is 0.341. The van der Waals surface area contributed by atoms with Crippen LogP contribution in [0.4, 0.5) is 0 Å². The monoisotopic (exact) mass is 442 g/mol. The van der Waals surface area contributed by atoms with Crippen LogP contribution in [0.3, 0.4) is 0 Å². The van der Waals surface area contributed by atoms with E-state index in [0.29, 0.717) is 22.9 Å². The highest BCUT2D eigenvalue weighted by molar-refractivity contribution is 5.25. The average molecular weight is 443 g/mol. The zero-order chi connectivity index (χ0) is 23.1. The van der Waals surface area contributed by atoms with Crippen molar-refractivity contribution in [1.82, 2.24) is 0 Å². The molecule has 0 spiro atoms. The molecule has 0 aliphatic heterocycles. The van der Waals surface area contributed by atoms with Gasteiger partial charge < -0.3 is 4.74 Å². The molecule has 0 N–H and O–H groups in total. The van der Waals surface area contributed by atoms with Crippen molar-refractivity contribution >= 4 is 0 Å². The smallest absolute Gasteiger partial charge is 0.0612 e. The second-order valence-corrected chi connectivity index (χ2v) is 13.9. The standard InChI is InChI=1S/C31H54O/c1-21(2)9-8-10-23(5)27-13-14-28-26-12-11-24-19-25(32-20-22(3)4)15-17-30(24,6)29(26)16-18-31(27,28)7/h11,21-23,25-29H,8-10,12-20H2,1-7H3/t23-,25+,26+,27-,28+,29+,30+,31-/m1/s1. The molecule has 3 saturated carbocycles. The van der Waals surface area contributed by atoms with Crippen LogP contribution < -0.4 is 0 Å². The first kappa shape index (κ1) is 24.8. The molecule has 0 aromatic heterocycles. The highest BCUT2D eigenvalue weighted by atomic mass is 16.5. The SMILES string of the molecule is CC(C)CCC[C@@H](C)[C@H]1CC[C@H]2[C@@H]3CC=C4C[C@@H](OCC(C)C)CC[C@]4(C)[C@H]3CC[C@]12C. The van der Waals surface area contributed by atoms with Crippen LogP contribution in [0.5, 0.6) is 0 Å². The van der Waals surface area contributed by atoms with Gasteiger partial charge in [-0.05, 0) is 104 Å². The number of allylic oxidation sites excluding steroid dienone is 1. The van der Waals surface area contributed by atoms with E-state index < -0.39 is 0 Å². The third kappa shape index (κ3) is 4.63. The van der Waals surface area contributed by atoms with Crippen molar-refractivity contribution in [3.05, 3.63) is 11.6 Å². The Morgan fingerprint density at radius 2 is 1.69 bits per heavy atom. The van der Waals surface area contributed by atoms with Crippen molar-refractivity contribution in [3.8, 4) is 0 Å². The predicted molar refractivity (Wildman–Crippen MR) is 138 cm³/mol. The van der Waals surface area contributed by atoms with Gasteiger partial charge in [-0.1, -0.05) is 79.4 Å². The maximum Gasteiger partial charge on any atom is 0.0612 e. The molecule has 0 aromatic carbocycles. The van der Waals surface area contributed by atoms with Crippen molar-refractivity contribution in [1.29, 1.82) is 0 Å². The van der Waals surface area contributed by atoms with Crippen LogP contribution in [0.15, 0.2) is 11.6 Å². The maximum atomic E-state index is 6.31. The first-order valence-electron chi connectivity index (χ1n) is 14.5. The Morgan fingerprint density at radius 1 is 0.906 bits per heavy atom. The van der Waals surface area contributed by atoms with Gasteiger partial charge >= 0.3 is 0 Å². The molecule has 8 atom stereocenters. The van der Waals surface area contributed by atoms with Crippen molar-refractivity contribution in [3.63, 3.8) is 0 Å². The van der Waals surface area contributed by atoms with Crippen LogP contribution >= 0.6 is 0 Å². The second kappa shape index (κ2) is 9.75. The van der Waals surface area contributed by atoms with Crippen LogP contribution in [0.25, 0.3) is 0 Å². The van der Waals surface area contributed by atoms with Gasteiger partial charge in [-0.15, -0.1) is 0 Å². The largest absolute Gasteiger partial charge is 0.378 e. The van der Waals surface area contributed by atoms with E-state index in [0.717, 1.165) is 42.1 Å². The summed E-state index contributed by atoms with van der Waals surface area (Å²) in [5.41, 5.74) is 2.85. The van der Waals surface area contributed by atoms with E-state index in [1.165, 1.54) is 70.6 Å². The fourth-order valence-electron chi connectivity index (χ4n) is 9.12. The van der Waals surface area contributed by atoms with Gasteiger partial charge in [-0.2, -0.15) is 0 Å². The lowest BCUT2D eigenvalue weighted by Crippen LogP contribution is -2.51. The first-order valence-corrected chi connectivity index (χ1v) is 14.5. The van der Waals surface area contributed by atoms with Crippen molar-refractivity contribution < 1.29 is 4.74 Å². The highest BCUT2D eigenvalue weighted by Gasteiger charge is 2.59. The highest BCUT2D eigenvalue weighted by Crippen LogP contribution is 2.67. The van der Waals surface area contributed by atoms with Crippen LogP contribution in [-0.2, 0) is 4.74 Å². The molecule has 4 rings (SSSR count). The third-order valence-corrected chi connectivity index (χ3v) is 10.9. The van der Waals surface area contributed by atoms with E-state index in [9.17, 15) is 0 Å². The number of ether oxygens (including phenoxy) is 1. The Labute approximate surface area is 200 Å². The molecule has 0 amide bonds. The Morgan fingerprint density at radius 3 is 2.41 bits per heavy atom. The molecule has 4 aliphatic rings. The summed E-state index contributed by atoms with van der Waals surface area (Å²) in [6.45, 7) is 18.2. The van der Waals surface area contributed by atoms with Crippen LogP contribution in [-0.4, -0.2) is 12.7 Å². The van der Waals surface area contributed by atoms with E-state index in [2.05, 4.69) is 54.5 Å². The van der Waals surface area contributed by atoms with Gasteiger partial charge in [0.05, 0.1) is 6.10 Å². The van der Waals surface area contributed by atoms with E-state index in [4.69, 9.17) is 4.74 Å². The molecular weight excluding hydrogens is 388 g/mol. The van der Waals surface area contributed by atoms with Crippen molar-refractivity contribution in [2.45, 2.75) is 125 Å². The van der Waals surface area contributed by atoms with Crippen molar-refractivity contribution in [2.75, 3.05) is 6.61 Å². The summed E-state index contributed by atoms with van der Waals surface area (Å²) < 4.78 is 6.31. The van der Waals surface area contributed by atoms with Crippen LogP contribution in [0.1, 0.15) is 119 Å². The van der Waals surface area contributed by atoms with E-state index in [-0.39, 0.29) is 0 Å². The summed E-state index contributed by atoms with van der Waals surface area (Å²) in [6, 6.07) is 0.